The summed E-state index contributed by atoms with van der Waals surface area (Å²) in [5.41, 5.74) is 2.24. The van der Waals surface area contributed by atoms with Gasteiger partial charge in [0.05, 0.1) is 11.1 Å². The Hall–Kier alpha value is -1.05. The summed E-state index contributed by atoms with van der Waals surface area (Å²) < 4.78 is 0. The number of aromatic nitrogens is 1. The third-order valence-corrected chi connectivity index (χ3v) is 3.17. The number of pyridine rings is 1. The van der Waals surface area contributed by atoms with E-state index in [9.17, 15) is 0 Å². The van der Waals surface area contributed by atoms with E-state index >= 15 is 0 Å². The summed E-state index contributed by atoms with van der Waals surface area (Å²) in [6.07, 6.45) is 0. The van der Waals surface area contributed by atoms with Gasteiger partial charge >= 0.3 is 0 Å². The summed E-state index contributed by atoms with van der Waals surface area (Å²) in [6.45, 7) is 8.15. The van der Waals surface area contributed by atoms with Gasteiger partial charge in [0.1, 0.15) is 6.04 Å². The molecule has 1 aromatic heterocycles. The van der Waals surface area contributed by atoms with Crippen LogP contribution in [0, 0.1) is 25.2 Å². The molecule has 0 aliphatic heterocycles. The molecule has 0 saturated carbocycles. The Morgan fingerprint density at radius 1 is 1.41 bits per heavy atom. The Kier molecular flexibility index (Phi) is 5.46. The fourth-order valence-corrected chi connectivity index (χ4v) is 2.56. The first-order valence-electron chi connectivity index (χ1n) is 5.75. The van der Waals surface area contributed by atoms with Crippen LogP contribution in [0.15, 0.2) is 17.2 Å². The molecule has 0 saturated heterocycles. The first kappa shape index (κ1) is 14.0. The summed E-state index contributed by atoms with van der Waals surface area (Å²) in [7, 11) is 0. The van der Waals surface area contributed by atoms with Crippen LogP contribution in [0.2, 0.25) is 0 Å². The zero-order valence-corrected chi connectivity index (χ0v) is 11.6. The fraction of sp³-hybridized carbons (Fsp3) is 0.538. The van der Waals surface area contributed by atoms with Gasteiger partial charge in [-0.2, -0.15) is 5.26 Å². The van der Waals surface area contributed by atoms with Crippen molar-refractivity contribution in [2.45, 2.75) is 44.8 Å². The molecule has 3 nitrogen and oxygen atoms in total. The largest absolute Gasteiger partial charge is 0.299 e. The van der Waals surface area contributed by atoms with E-state index in [1.165, 1.54) is 5.56 Å². The lowest BCUT2D eigenvalue weighted by atomic mass is 10.3. The molecule has 92 valence electrons. The second-order valence-corrected chi connectivity index (χ2v) is 5.48. The second-order valence-electron chi connectivity index (χ2n) is 4.44. The van der Waals surface area contributed by atoms with Gasteiger partial charge in [-0.25, -0.2) is 4.98 Å². The molecule has 1 heterocycles. The molecule has 0 amide bonds. The van der Waals surface area contributed by atoms with Crippen LogP contribution in [0.25, 0.3) is 0 Å². The standard InChI is InChI=1S/C13H19N3S/c1-9(2)15-12(7-14)8-17-13-6-10(3)5-11(4)16-13/h5-6,9,12,15H,8H2,1-4H3. The molecule has 1 atom stereocenters. The van der Waals surface area contributed by atoms with Crippen LogP contribution in [-0.2, 0) is 0 Å². The second kappa shape index (κ2) is 6.63. The highest BCUT2D eigenvalue weighted by atomic mass is 32.2. The summed E-state index contributed by atoms with van der Waals surface area (Å²) >= 11 is 1.63. The van der Waals surface area contributed by atoms with E-state index < -0.39 is 0 Å². The molecule has 4 heteroatoms. The molecule has 1 unspecified atom stereocenters. The number of rotatable bonds is 5. The third kappa shape index (κ3) is 5.20. The van der Waals surface area contributed by atoms with Crippen LogP contribution in [0.3, 0.4) is 0 Å². The molecular weight excluding hydrogens is 230 g/mol. The molecule has 17 heavy (non-hydrogen) atoms. The SMILES string of the molecule is Cc1cc(C)nc(SCC(C#N)NC(C)C)c1. The average Bonchev–Trinajstić information content (AvgIpc) is 2.22. The van der Waals surface area contributed by atoms with Gasteiger partial charge in [0.15, 0.2) is 0 Å². The van der Waals surface area contributed by atoms with E-state index in [4.69, 9.17) is 5.26 Å². The molecule has 1 N–H and O–H groups in total. The Bertz CT molecular complexity index is 389. The van der Waals surface area contributed by atoms with E-state index in [0.717, 1.165) is 16.5 Å². The predicted octanol–water partition coefficient (Wildman–Crippen LogP) is 2.68. The number of thioether (sulfide) groups is 1. The van der Waals surface area contributed by atoms with Gasteiger partial charge in [-0.1, -0.05) is 0 Å². The molecule has 0 radical (unpaired) electrons. The monoisotopic (exact) mass is 249 g/mol. The van der Waals surface area contributed by atoms with Gasteiger partial charge in [0.2, 0.25) is 0 Å². The Labute approximate surface area is 108 Å². The number of aryl methyl sites for hydroxylation is 2. The van der Waals surface area contributed by atoms with Gasteiger partial charge in [-0.3, -0.25) is 5.32 Å². The zero-order valence-electron chi connectivity index (χ0n) is 10.8. The van der Waals surface area contributed by atoms with Gasteiger partial charge in [0.25, 0.3) is 0 Å². The number of hydrogen-bond acceptors (Lipinski definition) is 4. The zero-order chi connectivity index (χ0) is 12.8. The lowest BCUT2D eigenvalue weighted by Crippen LogP contribution is -2.35. The number of hydrogen-bond donors (Lipinski definition) is 1. The highest BCUT2D eigenvalue weighted by molar-refractivity contribution is 7.99. The smallest absolute Gasteiger partial charge is 0.105 e. The van der Waals surface area contributed by atoms with Crippen molar-refractivity contribution < 1.29 is 0 Å². The number of nitrogens with one attached hydrogen (secondary N) is 1. The van der Waals surface area contributed by atoms with Gasteiger partial charge in [-0.15, -0.1) is 11.8 Å². The highest BCUT2D eigenvalue weighted by Gasteiger charge is 2.09. The molecule has 1 rings (SSSR count). The summed E-state index contributed by atoms with van der Waals surface area (Å²) in [6, 6.07) is 6.59. The topological polar surface area (TPSA) is 48.7 Å². The molecule has 0 aromatic carbocycles. The molecular formula is C13H19N3S. The Morgan fingerprint density at radius 3 is 2.65 bits per heavy atom. The van der Waals surface area contributed by atoms with Crippen molar-refractivity contribution in [3.8, 4) is 6.07 Å². The molecule has 0 aliphatic carbocycles. The van der Waals surface area contributed by atoms with Crippen LogP contribution in [0.5, 0.6) is 0 Å². The van der Waals surface area contributed by atoms with Crippen molar-refractivity contribution in [3.05, 3.63) is 23.4 Å². The third-order valence-electron chi connectivity index (χ3n) is 2.16. The van der Waals surface area contributed by atoms with Crippen molar-refractivity contribution in [1.82, 2.24) is 10.3 Å². The predicted molar refractivity (Wildman–Crippen MR) is 72.1 cm³/mol. The van der Waals surface area contributed by atoms with Crippen molar-refractivity contribution in [2.24, 2.45) is 0 Å². The number of nitriles is 1. The first-order chi connectivity index (χ1) is 8.01. The van der Waals surface area contributed by atoms with Crippen LogP contribution in [-0.4, -0.2) is 22.8 Å². The summed E-state index contributed by atoms with van der Waals surface area (Å²) in [5, 5.41) is 13.2. The lowest BCUT2D eigenvalue weighted by Gasteiger charge is -2.13. The van der Waals surface area contributed by atoms with E-state index in [-0.39, 0.29) is 6.04 Å². The summed E-state index contributed by atoms with van der Waals surface area (Å²) in [4.78, 5) is 4.45. The Balaban J connectivity index is 2.57. The minimum absolute atomic E-state index is 0.123. The minimum Gasteiger partial charge on any atom is -0.299 e. The van der Waals surface area contributed by atoms with Crippen LogP contribution < -0.4 is 5.32 Å². The molecule has 0 spiro atoms. The number of nitrogens with zero attached hydrogens (tertiary/aromatic N) is 2. The fourth-order valence-electron chi connectivity index (χ4n) is 1.57. The quantitative estimate of drug-likeness (QED) is 0.815. The molecule has 0 bridgehead atoms. The maximum atomic E-state index is 9.02. The van der Waals surface area contributed by atoms with E-state index in [1.54, 1.807) is 11.8 Å². The molecule has 0 fully saturated rings. The summed E-state index contributed by atoms with van der Waals surface area (Å²) in [5.74, 6) is 0.727. The lowest BCUT2D eigenvalue weighted by molar-refractivity contribution is 0.560. The normalized spacial score (nSPS) is 12.5. The minimum atomic E-state index is -0.123. The van der Waals surface area contributed by atoms with Gasteiger partial charge in [0, 0.05) is 17.5 Å². The molecule has 0 aliphatic rings. The van der Waals surface area contributed by atoms with Gasteiger partial charge < -0.3 is 0 Å². The van der Waals surface area contributed by atoms with Crippen molar-refractivity contribution in [2.75, 3.05) is 5.75 Å². The van der Waals surface area contributed by atoms with Crippen LogP contribution in [0.4, 0.5) is 0 Å². The van der Waals surface area contributed by atoms with E-state index in [2.05, 4.69) is 35.4 Å². The Morgan fingerprint density at radius 2 is 2.12 bits per heavy atom. The van der Waals surface area contributed by atoms with Crippen molar-refractivity contribution in [1.29, 1.82) is 5.26 Å². The van der Waals surface area contributed by atoms with Crippen LogP contribution >= 0.6 is 11.8 Å². The maximum Gasteiger partial charge on any atom is 0.105 e. The van der Waals surface area contributed by atoms with Gasteiger partial charge in [-0.05, 0) is 45.4 Å². The maximum absolute atomic E-state index is 9.02. The molecule has 1 aromatic rings. The van der Waals surface area contributed by atoms with Crippen molar-refractivity contribution in [3.63, 3.8) is 0 Å². The average molecular weight is 249 g/mol. The van der Waals surface area contributed by atoms with Crippen molar-refractivity contribution >= 4 is 11.8 Å². The van der Waals surface area contributed by atoms with E-state index in [1.807, 2.05) is 20.8 Å². The highest BCUT2D eigenvalue weighted by Crippen LogP contribution is 2.18. The van der Waals surface area contributed by atoms with E-state index in [0.29, 0.717) is 6.04 Å². The first-order valence-corrected chi connectivity index (χ1v) is 6.73. The van der Waals surface area contributed by atoms with Crippen LogP contribution in [0.1, 0.15) is 25.1 Å².